The Hall–Kier alpha value is 1.14. The first kappa shape index (κ1) is 38.7. The minimum absolute atomic E-state index is 0.230. The predicted molar refractivity (Wildman–Crippen MR) is 159 cm³/mol. The zero-order valence-corrected chi connectivity index (χ0v) is 30.5. The van der Waals surface area contributed by atoms with E-state index in [1.54, 1.807) is 6.92 Å². The molecule has 0 saturated carbocycles. The van der Waals surface area contributed by atoms with Crippen molar-refractivity contribution in [1.82, 2.24) is 0 Å². The molecule has 0 aliphatic carbocycles. The average molecular weight is 718 g/mol. The van der Waals surface area contributed by atoms with Crippen LogP contribution in [0.15, 0.2) is 5.20 Å². The van der Waals surface area contributed by atoms with Crippen LogP contribution in [0.3, 0.4) is 0 Å². The number of hydrogen-bond acceptors (Lipinski definition) is 2. The van der Waals surface area contributed by atoms with Gasteiger partial charge in [-0.25, -0.2) is 0 Å². The molecule has 0 radical (unpaired) electrons. The molecule has 0 aromatic heterocycles. The third-order valence-corrected chi connectivity index (χ3v) is 15.8. The van der Waals surface area contributed by atoms with Gasteiger partial charge < -0.3 is 0 Å². The Morgan fingerprint density at radius 1 is 0.758 bits per heavy atom. The molecular formula is C26H56ClIrO2P2Si. The first-order valence-electron chi connectivity index (χ1n) is 12.4. The molecule has 0 bridgehead atoms. The van der Waals surface area contributed by atoms with Gasteiger partial charge in [0.05, 0.1) is 0 Å². The molecule has 0 aliphatic rings. The Labute approximate surface area is 223 Å². The minimum atomic E-state index is -1.63. The van der Waals surface area contributed by atoms with Gasteiger partial charge in [-0.3, -0.25) is 0 Å². The molecule has 0 aromatic carbocycles. The van der Waals surface area contributed by atoms with Crippen LogP contribution in [0.5, 0.6) is 0 Å². The summed E-state index contributed by atoms with van der Waals surface area (Å²) in [6.07, 6.45) is 0. The molecule has 7 heteroatoms. The van der Waals surface area contributed by atoms with E-state index >= 15 is 0 Å². The summed E-state index contributed by atoms with van der Waals surface area (Å²) in [6.45, 7) is 36.7. The van der Waals surface area contributed by atoms with Gasteiger partial charge in [-0.1, -0.05) is 98.9 Å². The number of carbonyl (C=O) groups is 1. The molecule has 0 aliphatic heterocycles. The van der Waals surface area contributed by atoms with Crippen LogP contribution in [0.25, 0.3) is 0 Å². The van der Waals surface area contributed by atoms with Gasteiger partial charge in [0, 0.05) is 0 Å². The van der Waals surface area contributed by atoms with Gasteiger partial charge >= 0.3 is 91.9 Å². The number of ether oxygens (including phenoxy) is 1. The number of halogens is 1. The van der Waals surface area contributed by atoms with Crippen molar-refractivity contribution in [2.24, 2.45) is 0 Å². The second-order valence-electron chi connectivity index (χ2n) is 10.9. The summed E-state index contributed by atoms with van der Waals surface area (Å²) in [6, 6.07) is 0. The summed E-state index contributed by atoms with van der Waals surface area (Å²) in [7, 11) is 4.55. The zero-order chi connectivity index (χ0) is 27.1. The standard InChI is InChI=1S/2C9H21P.C8H14O2Si.ClH.Ir/c2*1-7(2)10(8(3)4)9(5)6;1-6-10-8(9)7(2)11(3,4)5;;/h2*7-9H,1-6H3;6H2,1,3-5H3;1H;/q;;;;+1/p-1. The van der Waals surface area contributed by atoms with E-state index in [1.165, 1.54) is 0 Å². The molecule has 0 heterocycles. The Kier molecular flexibility index (Phi) is 23.7. The number of hydrogen-bond donors (Lipinski definition) is 0. The molecule has 0 saturated heterocycles. The van der Waals surface area contributed by atoms with Crippen LogP contribution < -0.4 is 0 Å². The van der Waals surface area contributed by atoms with Crippen LogP contribution >= 0.6 is 25.4 Å². The Bertz CT molecular complexity index is 517. The van der Waals surface area contributed by atoms with Gasteiger partial charge in [0.1, 0.15) is 0 Å². The Morgan fingerprint density at radius 2 is 1.03 bits per heavy atom. The fourth-order valence-corrected chi connectivity index (χ4v) is 16.8. The molecule has 0 aromatic rings. The van der Waals surface area contributed by atoms with Crippen molar-refractivity contribution in [1.29, 1.82) is 0 Å². The summed E-state index contributed by atoms with van der Waals surface area (Å²) in [5, 5.41) is 0.712. The molecule has 0 rings (SSSR count). The second-order valence-corrected chi connectivity index (χ2v) is 26.0. The van der Waals surface area contributed by atoms with Crippen molar-refractivity contribution < 1.29 is 25.8 Å². The van der Waals surface area contributed by atoms with E-state index in [4.69, 9.17) is 14.3 Å². The van der Waals surface area contributed by atoms with Crippen molar-refractivity contribution >= 4 is 43.7 Å². The summed E-state index contributed by atoms with van der Waals surface area (Å²) in [5.74, 6) is -0.230. The first-order valence-corrected chi connectivity index (χ1v) is 23.2. The van der Waals surface area contributed by atoms with E-state index < -0.39 is 24.3 Å². The van der Waals surface area contributed by atoms with Gasteiger partial charge in [-0.2, -0.15) is 0 Å². The zero-order valence-electron chi connectivity index (χ0n) is 24.6. The van der Waals surface area contributed by atoms with E-state index in [0.29, 0.717) is 11.8 Å². The predicted octanol–water partition coefficient (Wildman–Crippen LogP) is 9.38. The van der Waals surface area contributed by atoms with Crippen molar-refractivity contribution in [3.8, 4) is 0 Å². The average Bonchev–Trinajstić information content (AvgIpc) is 2.57. The monoisotopic (exact) mass is 718 g/mol. The molecule has 0 N–H and O–H groups in total. The second kappa shape index (κ2) is 20.2. The third-order valence-electron chi connectivity index (χ3n) is 4.92. The molecule has 2 nitrogen and oxygen atoms in total. The fraction of sp³-hybridized carbons (Fsp3) is 0.885. The van der Waals surface area contributed by atoms with Gasteiger partial charge in [0.2, 0.25) is 0 Å². The summed E-state index contributed by atoms with van der Waals surface area (Å²) in [4.78, 5) is 11.5. The summed E-state index contributed by atoms with van der Waals surface area (Å²) in [5.41, 5.74) is 5.39. The normalized spacial score (nSPS) is 11.9. The quantitative estimate of drug-likeness (QED) is 0.103. The SMILES string of the molecule is CC(C)P(C(C)C)C(C)C.CC(C)P(C(C)C)C(C)C.CCOC(=O)C(=[C]=[Ir][Cl])[Si](C)(C)C. The summed E-state index contributed by atoms with van der Waals surface area (Å²) < 4.78 is 7.94. The van der Waals surface area contributed by atoms with E-state index in [1.807, 2.05) is 0 Å². The van der Waals surface area contributed by atoms with Crippen molar-refractivity contribution in [3.63, 3.8) is 0 Å². The van der Waals surface area contributed by atoms with E-state index in [-0.39, 0.29) is 21.8 Å². The van der Waals surface area contributed by atoms with Crippen LogP contribution in [0, 0.1) is 0 Å². The van der Waals surface area contributed by atoms with Gasteiger partial charge in [0.25, 0.3) is 0 Å². The molecule has 0 fully saturated rings. The van der Waals surface area contributed by atoms with Crippen LogP contribution in [0.2, 0.25) is 19.6 Å². The van der Waals surface area contributed by atoms with Crippen LogP contribution in [0.4, 0.5) is 0 Å². The summed E-state index contributed by atoms with van der Waals surface area (Å²) >= 11 is -0.744. The van der Waals surface area contributed by atoms with Crippen molar-refractivity contribution in [2.45, 2.75) is 144 Å². The fourth-order valence-electron chi connectivity index (χ4n) is 4.28. The van der Waals surface area contributed by atoms with Gasteiger partial charge in [-0.15, -0.1) is 0 Å². The van der Waals surface area contributed by atoms with Crippen LogP contribution in [-0.2, 0) is 25.8 Å². The van der Waals surface area contributed by atoms with Crippen molar-refractivity contribution in [3.05, 3.63) is 5.20 Å². The Morgan fingerprint density at radius 3 is 1.15 bits per heavy atom. The third kappa shape index (κ3) is 19.0. The Balaban J connectivity index is -0.000000415. The molecule has 0 amide bonds. The van der Waals surface area contributed by atoms with Crippen molar-refractivity contribution in [2.75, 3.05) is 6.61 Å². The molecule has 33 heavy (non-hydrogen) atoms. The van der Waals surface area contributed by atoms with Crippen LogP contribution in [0.1, 0.15) is 90.0 Å². The van der Waals surface area contributed by atoms with E-state index in [9.17, 15) is 4.79 Å². The van der Waals surface area contributed by atoms with Gasteiger partial charge in [0.15, 0.2) is 0 Å². The maximum atomic E-state index is 11.5. The number of rotatable bonds is 9. The molecule has 0 unspecified atom stereocenters. The van der Waals surface area contributed by atoms with Crippen LogP contribution in [-0.4, -0.2) is 58.8 Å². The maximum absolute atomic E-state index is 11.5. The number of esters is 1. The molecule has 0 atom stereocenters. The molecule has 202 valence electrons. The van der Waals surface area contributed by atoms with Gasteiger partial charge in [-0.05, 0) is 34.0 Å². The number of carbonyl (C=O) groups excluding carboxylic acids is 1. The van der Waals surface area contributed by atoms with E-state index in [2.05, 4.69) is 107 Å². The topological polar surface area (TPSA) is 26.3 Å². The molecule has 0 spiro atoms. The van der Waals surface area contributed by atoms with E-state index in [0.717, 1.165) is 34.0 Å². The molecular weight excluding hydrogens is 662 g/mol. The first-order chi connectivity index (χ1) is 14.9.